The highest BCUT2D eigenvalue weighted by Crippen LogP contribution is 2.46. The average molecular weight is 480 g/mol. The minimum absolute atomic E-state index is 0.217. The third-order valence-corrected chi connectivity index (χ3v) is 8.57. The van der Waals surface area contributed by atoms with Gasteiger partial charge in [-0.05, 0) is 31.5 Å². The number of nitrogens with zero attached hydrogens (tertiary/aromatic N) is 1. The first-order valence-electron chi connectivity index (χ1n) is 11.2. The van der Waals surface area contributed by atoms with Crippen molar-refractivity contribution in [2.75, 3.05) is 0 Å². The Balaban J connectivity index is 1.64. The summed E-state index contributed by atoms with van der Waals surface area (Å²) in [5.41, 5.74) is 3.77. The van der Waals surface area contributed by atoms with E-state index >= 15 is 0 Å². The molecule has 1 aliphatic heterocycles. The van der Waals surface area contributed by atoms with Crippen molar-refractivity contribution in [3.8, 4) is 0 Å². The third-order valence-electron chi connectivity index (χ3n) is 6.39. The van der Waals surface area contributed by atoms with Crippen molar-refractivity contribution in [1.82, 2.24) is 4.90 Å². The maximum atomic E-state index is 14.0. The van der Waals surface area contributed by atoms with Gasteiger partial charge in [-0.1, -0.05) is 66.7 Å². The monoisotopic (exact) mass is 479 g/mol. The fraction of sp³-hybridized carbons (Fsp3) is 0.103. The predicted octanol–water partition coefficient (Wildman–Crippen LogP) is 7.21. The van der Waals surface area contributed by atoms with Gasteiger partial charge < -0.3 is 0 Å². The van der Waals surface area contributed by atoms with Crippen molar-refractivity contribution in [2.45, 2.75) is 20.4 Å². The molecule has 0 radical (unpaired) electrons. The Hall–Kier alpha value is -3.54. The molecule has 3 nitrogen and oxygen atoms in total. The van der Waals surface area contributed by atoms with E-state index in [1.807, 2.05) is 68.4 Å². The number of carbonyl (C=O) groups excluding carboxylic acids is 2. The molecule has 0 atom stereocenters. The van der Waals surface area contributed by atoms with Crippen molar-refractivity contribution in [2.24, 2.45) is 0 Å². The van der Waals surface area contributed by atoms with Crippen LogP contribution in [0, 0.1) is 13.8 Å². The molecule has 3 heterocycles. The summed E-state index contributed by atoms with van der Waals surface area (Å²) in [5, 5.41) is 2.05. The van der Waals surface area contributed by atoms with E-state index in [1.165, 1.54) is 4.90 Å². The smallest absolute Gasteiger partial charge is 0.262 e. The topological polar surface area (TPSA) is 37.4 Å². The molecule has 2 amide bonds. The van der Waals surface area contributed by atoms with Gasteiger partial charge in [0.25, 0.3) is 11.8 Å². The summed E-state index contributed by atoms with van der Waals surface area (Å²) in [6, 6.07) is 26.0. The number of thiophene rings is 2. The van der Waals surface area contributed by atoms with E-state index in [0.29, 0.717) is 11.1 Å². The van der Waals surface area contributed by atoms with E-state index in [1.54, 1.807) is 22.7 Å². The number of fused-ring (bicyclic) bond motifs is 2. The van der Waals surface area contributed by atoms with Gasteiger partial charge in [-0.15, -0.1) is 22.7 Å². The Morgan fingerprint density at radius 2 is 1.06 bits per heavy atom. The van der Waals surface area contributed by atoms with Gasteiger partial charge >= 0.3 is 0 Å². The highest BCUT2D eigenvalue weighted by molar-refractivity contribution is 7.20. The molecule has 0 unspecified atom stereocenters. The van der Waals surface area contributed by atoms with E-state index in [4.69, 9.17) is 0 Å². The first-order valence-corrected chi connectivity index (χ1v) is 12.8. The van der Waals surface area contributed by atoms with Crippen LogP contribution in [0.5, 0.6) is 0 Å². The second kappa shape index (κ2) is 8.05. The Morgan fingerprint density at radius 1 is 0.618 bits per heavy atom. The van der Waals surface area contributed by atoms with Gasteiger partial charge in [-0.3, -0.25) is 14.5 Å². The Labute approximate surface area is 205 Å². The van der Waals surface area contributed by atoms with E-state index in [9.17, 15) is 9.59 Å². The summed E-state index contributed by atoms with van der Waals surface area (Å²) < 4.78 is 2.24. The van der Waals surface area contributed by atoms with Gasteiger partial charge in [-0.2, -0.15) is 0 Å². The average Bonchev–Trinajstić information content (AvgIpc) is 3.43. The largest absolute Gasteiger partial charge is 0.270 e. The van der Waals surface area contributed by atoms with Crippen LogP contribution in [0.3, 0.4) is 0 Å². The summed E-state index contributed by atoms with van der Waals surface area (Å²) >= 11 is 3.34. The van der Waals surface area contributed by atoms with Crippen molar-refractivity contribution in [3.63, 3.8) is 0 Å². The van der Waals surface area contributed by atoms with Crippen LogP contribution in [0.25, 0.3) is 31.3 Å². The molecule has 1 aliphatic rings. The van der Waals surface area contributed by atoms with E-state index < -0.39 is 0 Å². The lowest BCUT2D eigenvalue weighted by atomic mass is 9.93. The van der Waals surface area contributed by atoms with Crippen LogP contribution in [0.2, 0.25) is 0 Å². The Morgan fingerprint density at radius 3 is 1.56 bits per heavy atom. The molecular formula is C29H21NO2S2. The summed E-state index contributed by atoms with van der Waals surface area (Å²) in [6.45, 7) is 4.34. The van der Waals surface area contributed by atoms with Gasteiger partial charge in [0.2, 0.25) is 0 Å². The SMILES string of the molecule is Cc1sc2ccccc2c1C1=C(c2c(C)sc3ccccc23)C(=O)N(Cc2ccccc2)C1=O. The highest BCUT2D eigenvalue weighted by atomic mass is 32.1. The fourth-order valence-corrected chi connectivity index (χ4v) is 7.05. The number of hydrogen-bond acceptors (Lipinski definition) is 4. The van der Waals surface area contributed by atoms with Crippen LogP contribution in [-0.4, -0.2) is 16.7 Å². The molecule has 5 aromatic rings. The van der Waals surface area contributed by atoms with Gasteiger partial charge in [0.1, 0.15) is 0 Å². The maximum absolute atomic E-state index is 14.0. The summed E-state index contributed by atoms with van der Waals surface area (Å²) in [5.74, 6) is -0.435. The lowest BCUT2D eigenvalue weighted by molar-refractivity contribution is -0.136. The second-order valence-corrected chi connectivity index (χ2v) is 11.0. The molecule has 34 heavy (non-hydrogen) atoms. The van der Waals surface area contributed by atoms with Crippen LogP contribution < -0.4 is 0 Å². The highest BCUT2D eigenvalue weighted by Gasteiger charge is 2.42. The van der Waals surface area contributed by atoms with Crippen LogP contribution in [0.4, 0.5) is 0 Å². The van der Waals surface area contributed by atoms with E-state index in [0.717, 1.165) is 46.6 Å². The molecule has 0 N–H and O–H groups in total. The molecule has 0 fully saturated rings. The Bertz CT molecular complexity index is 1540. The second-order valence-electron chi connectivity index (χ2n) is 8.49. The Kier molecular flexibility index (Phi) is 4.97. The molecule has 6 rings (SSSR count). The molecule has 0 saturated carbocycles. The van der Waals surface area contributed by atoms with Crippen LogP contribution in [-0.2, 0) is 16.1 Å². The number of amides is 2. The van der Waals surface area contributed by atoms with Crippen molar-refractivity contribution in [3.05, 3.63) is 105 Å². The molecule has 3 aromatic carbocycles. The molecule has 0 saturated heterocycles. The van der Waals surface area contributed by atoms with Gasteiger partial charge in [0.15, 0.2) is 0 Å². The first kappa shape index (κ1) is 21.0. The number of hydrogen-bond donors (Lipinski definition) is 0. The molecule has 0 spiro atoms. The fourth-order valence-electron chi connectivity index (χ4n) is 4.91. The number of imide groups is 1. The van der Waals surface area contributed by atoms with Crippen LogP contribution >= 0.6 is 22.7 Å². The molecular weight excluding hydrogens is 458 g/mol. The van der Waals surface area contributed by atoms with Crippen molar-refractivity contribution in [1.29, 1.82) is 0 Å². The molecule has 0 bridgehead atoms. The summed E-state index contributed by atoms with van der Waals surface area (Å²) in [4.78, 5) is 31.6. The predicted molar refractivity (Wildman–Crippen MR) is 142 cm³/mol. The number of carbonyl (C=O) groups is 2. The van der Waals surface area contributed by atoms with Crippen molar-refractivity contribution < 1.29 is 9.59 Å². The maximum Gasteiger partial charge on any atom is 0.262 e. The number of aryl methyl sites for hydroxylation is 2. The molecule has 0 aliphatic carbocycles. The third kappa shape index (κ3) is 3.16. The zero-order valence-corrected chi connectivity index (χ0v) is 20.4. The first-order chi connectivity index (χ1) is 16.5. The number of benzene rings is 3. The van der Waals surface area contributed by atoms with Crippen LogP contribution in [0.15, 0.2) is 78.9 Å². The van der Waals surface area contributed by atoms with Gasteiger partial charge in [0.05, 0.1) is 17.7 Å². The van der Waals surface area contributed by atoms with Crippen LogP contribution in [0.1, 0.15) is 26.4 Å². The normalized spacial score (nSPS) is 14.2. The minimum atomic E-state index is -0.217. The van der Waals surface area contributed by atoms with Gasteiger partial charge in [-0.25, -0.2) is 0 Å². The zero-order chi connectivity index (χ0) is 23.4. The van der Waals surface area contributed by atoms with Crippen molar-refractivity contribution >= 4 is 65.8 Å². The summed E-state index contributed by atoms with van der Waals surface area (Å²) in [7, 11) is 0. The quantitative estimate of drug-likeness (QED) is 0.255. The number of rotatable bonds is 4. The van der Waals surface area contributed by atoms with E-state index in [2.05, 4.69) is 24.3 Å². The van der Waals surface area contributed by atoms with E-state index in [-0.39, 0.29) is 18.4 Å². The standard InChI is InChI=1S/C29H21NO2S2/c1-17-24(20-12-6-8-14-22(20)33-17)26-27(25-18(2)34-23-15-9-7-13-21(23)25)29(32)30(28(26)31)16-19-10-4-3-5-11-19/h3-15H,16H2,1-2H3. The van der Waals surface area contributed by atoms with Gasteiger partial charge in [0, 0.05) is 41.1 Å². The lowest BCUT2D eigenvalue weighted by Gasteiger charge is -2.15. The molecule has 2 aromatic heterocycles. The molecule has 5 heteroatoms. The summed E-state index contributed by atoms with van der Waals surface area (Å²) in [6.07, 6.45) is 0. The lowest BCUT2D eigenvalue weighted by Crippen LogP contribution is -2.31. The molecule has 166 valence electrons. The minimum Gasteiger partial charge on any atom is -0.270 e. The zero-order valence-electron chi connectivity index (χ0n) is 18.8.